The number of hydrazone groups is 1. The molecule has 0 amide bonds. The number of rotatable bonds is 3. The lowest BCUT2D eigenvalue weighted by Crippen LogP contribution is -2.39. The molecule has 0 bridgehead atoms. The van der Waals surface area contributed by atoms with Crippen LogP contribution in [0, 0.1) is 6.92 Å². The van der Waals surface area contributed by atoms with Crippen LogP contribution < -0.4 is 16.4 Å². The second-order valence-electron chi connectivity index (χ2n) is 6.50. The van der Waals surface area contributed by atoms with Crippen LogP contribution in [-0.4, -0.2) is 21.0 Å². The molecular formula is C21H15Br2N5OS. The maximum atomic E-state index is 12.9. The van der Waals surface area contributed by atoms with E-state index in [4.69, 9.17) is 12.2 Å². The molecule has 4 aromatic rings. The lowest BCUT2D eigenvalue weighted by Gasteiger charge is -2.13. The number of aromatic nitrogens is 2. The first kappa shape index (κ1) is 20.6. The number of halogens is 2. The minimum absolute atomic E-state index is 0.174. The molecule has 0 spiro atoms. The number of thiocarbonyl (C=S) groups is 1. The zero-order chi connectivity index (χ0) is 21.3. The number of hydrogen-bond donors (Lipinski definition) is 2. The quantitative estimate of drug-likeness (QED) is 0.219. The van der Waals surface area contributed by atoms with Crippen LogP contribution in [0.5, 0.6) is 0 Å². The molecule has 3 aromatic carbocycles. The van der Waals surface area contributed by atoms with Gasteiger partial charge in [0.25, 0.3) is 5.56 Å². The summed E-state index contributed by atoms with van der Waals surface area (Å²) in [4.78, 5) is 17.4. The molecule has 0 fully saturated rings. The largest absolute Gasteiger partial charge is 0.280 e. The Hall–Kier alpha value is -2.62. The van der Waals surface area contributed by atoms with Gasteiger partial charge in [-0.25, -0.2) is 9.66 Å². The first-order valence-corrected chi connectivity index (χ1v) is 10.9. The summed E-state index contributed by atoms with van der Waals surface area (Å²) >= 11 is 12.1. The lowest BCUT2D eigenvalue weighted by molar-refractivity contribution is 0.824. The third kappa shape index (κ3) is 4.28. The monoisotopic (exact) mass is 543 g/mol. The number of hydrogen-bond acceptors (Lipinski definition) is 4. The van der Waals surface area contributed by atoms with Crippen molar-refractivity contribution >= 4 is 77.1 Å². The van der Waals surface area contributed by atoms with E-state index in [0.29, 0.717) is 16.7 Å². The molecule has 0 aliphatic rings. The Morgan fingerprint density at radius 2 is 1.90 bits per heavy atom. The average Bonchev–Trinajstić information content (AvgIpc) is 2.72. The first-order valence-electron chi connectivity index (χ1n) is 8.89. The van der Waals surface area contributed by atoms with Crippen molar-refractivity contribution in [1.82, 2.24) is 15.1 Å². The van der Waals surface area contributed by atoms with Gasteiger partial charge in [-0.2, -0.15) is 5.10 Å². The zero-order valence-corrected chi connectivity index (χ0v) is 19.7. The van der Waals surface area contributed by atoms with Crippen LogP contribution in [-0.2, 0) is 0 Å². The molecule has 30 heavy (non-hydrogen) atoms. The predicted octanol–water partition coefficient (Wildman–Crippen LogP) is 4.84. The highest BCUT2D eigenvalue weighted by atomic mass is 79.9. The summed E-state index contributed by atoms with van der Waals surface area (Å²) in [5, 5.41) is 7.09. The molecule has 2 N–H and O–H groups in total. The third-order valence-corrected chi connectivity index (χ3v) is 5.67. The Balaban J connectivity index is 1.53. The van der Waals surface area contributed by atoms with Gasteiger partial charge in [0.1, 0.15) is 5.82 Å². The van der Waals surface area contributed by atoms with Crippen LogP contribution in [0.25, 0.3) is 21.7 Å². The molecule has 0 aliphatic heterocycles. The fourth-order valence-electron chi connectivity index (χ4n) is 3.03. The number of nitrogens with one attached hydrogen (secondary N) is 2. The van der Waals surface area contributed by atoms with E-state index in [2.05, 4.69) is 58.9 Å². The predicted molar refractivity (Wildman–Crippen MR) is 133 cm³/mol. The van der Waals surface area contributed by atoms with Gasteiger partial charge < -0.3 is 0 Å². The second-order valence-corrected chi connectivity index (χ2v) is 8.68. The normalized spacial score (nSPS) is 11.3. The van der Waals surface area contributed by atoms with Gasteiger partial charge in [0.05, 0.1) is 17.1 Å². The fourth-order valence-corrected chi connectivity index (χ4v) is 4.49. The van der Waals surface area contributed by atoms with Crippen molar-refractivity contribution in [2.75, 3.05) is 5.43 Å². The summed E-state index contributed by atoms with van der Waals surface area (Å²) in [7, 11) is 0. The van der Waals surface area contributed by atoms with E-state index in [-0.39, 0.29) is 10.7 Å². The molecule has 0 saturated carbocycles. The number of fused-ring (bicyclic) bond motifs is 2. The Morgan fingerprint density at radius 3 is 2.70 bits per heavy atom. The van der Waals surface area contributed by atoms with E-state index in [9.17, 15) is 4.79 Å². The maximum absolute atomic E-state index is 12.9. The molecule has 1 aromatic heterocycles. The van der Waals surface area contributed by atoms with Gasteiger partial charge >= 0.3 is 0 Å². The topological polar surface area (TPSA) is 71.3 Å². The van der Waals surface area contributed by atoms with Gasteiger partial charge in [-0.15, -0.1) is 0 Å². The maximum Gasteiger partial charge on any atom is 0.280 e. The minimum Gasteiger partial charge on any atom is -0.267 e. The molecule has 0 radical (unpaired) electrons. The summed E-state index contributed by atoms with van der Waals surface area (Å²) in [5.41, 5.74) is 6.84. The smallest absolute Gasteiger partial charge is 0.267 e. The minimum atomic E-state index is -0.262. The molecule has 0 saturated heterocycles. The molecule has 4 rings (SSSR count). The van der Waals surface area contributed by atoms with E-state index < -0.39 is 0 Å². The Labute approximate surface area is 194 Å². The van der Waals surface area contributed by atoms with Crippen molar-refractivity contribution in [3.63, 3.8) is 0 Å². The number of benzene rings is 3. The Bertz CT molecular complexity index is 1380. The highest BCUT2D eigenvalue weighted by Crippen LogP contribution is 2.25. The molecule has 9 heteroatoms. The Kier molecular flexibility index (Phi) is 5.94. The van der Waals surface area contributed by atoms with Crippen molar-refractivity contribution < 1.29 is 0 Å². The third-order valence-electron chi connectivity index (χ3n) is 4.43. The number of aryl methyl sites for hydroxylation is 1. The highest BCUT2D eigenvalue weighted by molar-refractivity contribution is 9.11. The molecule has 0 unspecified atom stereocenters. The van der Waals surface area contributed by atoms with Crippen molar-refractivity contribution in [3.8, 4) is 0 Å². The van der Waals surface area contributed by atoms with Crippen LogP contribution in [0.4, 0.5) is 0 Å². The van der Waals surface area contributed by atoms with Crippen molar-refractivity contribution in [3.05, 3.63) is 85.3 Å². The second kappa shape index (κ2) is 8.63. The van der Waals surface area contributed by atoms with Crippen molar-refractivity contribution in [2.24, 2.45) is 5.10 Å². The summed E-state index contributed by atoms with van der Waals surface area (Å²) in [6, 6.07) is 17.7. The van der Waals surface area contributed by atoms with Gasteiger partial charge in [-0.05, 0) is 69.6 Å². The van der Waals surface area contributed by atoms with E-state index in [1.165, 1.54) is 4.68 Å². The summed E-state index contributed by atoms with van der Waals surface area (Å²) < 4.78 is 2.80. The molecule has 150 valence electrons. The number of nitrogens with zero attached hydrogens (tertiary/aromatic N) is 3. The van der Waals surface area contributed by atoms with E-state index in [1.54, 1.807) is 19.2 Å². The summed E-state index contributed by atoms with van der Waals surface area (Å²) in [6.07, 6.45) is 1.67. The fraction of sp³-hybridized carbons (Fsp3) is 0.0476. The first-order chi connectivity index (χ1) is 14.4. The van der Waals surface area contributed by atoms with Crippen LogP contribution in [0.1, 0.15) is 11.4 Å². The molecular weight excluding hydrogens is 530 g/mol. The summed E-state index contributed by atoms with van der Waals surface area (Å²) in [5.74, 6) is 0.471. The molecule has 6 nitrogen and oxygen atoms in total. The van der Waals surface area contributed by atoms with E-state index >= 15 is 0 Å². The van der Waals surface area contributed by atoms with Crippen LogP contribution >= 0.6 is 44.1 Å². The molecule has 1 heterocycles. The molecule has 0 atom stereocenters. The van der Waals surface area contributed by atoms with Gasteiger partial charge in [-0.1, -0.05) is 52.3 Å². The average molecular weight is 545 g/mol. The molecule has 0 aliphatic carbocycles. The van der Waals surface area contributed by atoms with Crippen molar-refractivity contribution in [2.45, 2.75) is 6.92 Å². The van der Waals surface area contributed by atoms with Gasteiger partial charge in [0, 0.05) is 8.95 Å². The Morgan fingerprint density at radius 1 is 1.13 bits per heavy atom. The van der Waals surface area contributed by atoms with E-state index in [0.717, 1.165) is 25.3 Å². The lowest BCUT2D eigenvalue weighted by atomic mass is 10.1. The standard InChI is InChI=1S/C21H15Br2N5OS/c1-12-25-19-17(9-16(22)10-18(19)23)20(29)28(12)27-21(30)26-24-11-13-6-7-14-4-2-3-5-15(14)8-13/h2-11H,1H3,(H2,26,27,30)/b24-11+. The van der Waals surface area contributed by atoms with Gasteiger partial charge in [0.2, 0.25) is 5.11 Å². The zero-order valence-electron chi connectivity index (χ0n) is 15.7. The van der Waals surface area contributed by atoms with Crippen LogP contribution in [0.3, 0.4) is 0 Å². The highest BCUT2D eigenvalue weighted by Gasteiger charge is 2.12. The van der Waals surface area contributed by atoms with E-state index in [1.807, 2.05) is 42.5 Å². The van der Waals surface area contributed by atoms with Crippen molar-refractivity contribution in [1.29, 1.82) is 0 Å². The summed E-state index contributed by atoms with van der Waals surface area (Å²) in [6.45, 7) is 1.73. The SMILES string of the molecule is Cc1nc2c(Br)cc(Br)cc2c(=O)n1NC(=S)N/N=C/c1ccc2ccccc2c1. The van der Waals surface area contributed by atoms with Gasteiger partial charge in [0.15, 0.2) is 0 Å². The van der Waals surface area contributed by atoms with Gasteiger partial charge in [-0.3, -0.25) is 15.6 Å². The van der Waals surface area contributed by atoms with Crippen LogP contribution in [0.2, 0.25) is 0 Å². The van der Waals surface area contributed by atoms with Crippen LogP contribution in [0.15, 0.2) is 73.4 Å².